The third kappa shape index (κ3) is 59.0. The summed E-state index contributed by atoms with van der Waals surface area (Å²) in [6, 6.07) is 0. The van der Waals surface area contributed by atoms with Crippen LogP contribution in [0.4, 0.5) is 0 Å². The summed E-state index contributed by atoms with van der Waals surface area (Å²) in [5.41, 5.74) is 0. The quantitative estimate of drug-likeness (QED) is 0.0347. The third-order valence-corrected chi connectivity index (χ3v) is 9.79. The number of hydrogen-bond acceptors (Lipinski definition) is 9. The van der Waals surface area contributed by atoms with Gasteiger partial charge in [0.25, 0.3) is 0 Å². The van der Waals surface area contributed by atoms with Crippen LogP contribution in [-0.2, 0) is 55.9 Å². The van der Waals surface area contributed by atoms with Crippen molar-refractivity contribution in [3.8, 4) is 0 Å². The van der Waals surface area contributed by atoms with Crippen LogP contribution < -0.4 is 0 Å². The van der Waals surface area contributed by atoms with Crippen molar-refractivity contribution in [3.05, 3.63) is 0 Å². The molecule has 0 fully saturated rings. The minimum atomic E-state index is -1.10. The Labute approximate surface area is 336 Å². The van der Waals surface area contributed by atoms with Gasteiger partial charge in [-0.3, -0.25) is 0 Å². The van der Waals surface area contributed by atoms with Crippen molar-refractivity contribution in [1.29, 1.82) is 0 Å². The Morgan fingerprint density at radius 1 is 0.275 bits per heavy atom. The standard InChI is InChI=1S/3C12H27O3P.2ClH.Ru/c3*1-4-7-10-13-16(14-11-8-5-2)15-12-9-6-3;;;/h3*4-12H2,1-3H3;2*1H;/q;;;;;+2/p-2. The van der Waals surface area contributed by atoms with Crippen molar-refractivity contribution in [3.63, 3.8) is 0 Å². The topological polar surface area (TPSA) is 83.1 Å². The Morgan fingerprint density at radius 3 is 0.451 bits per heavy atom. The average Bonchev–Trinajstić information content (AvgIpc) is 3.13. The van der Waals surface area contributed by atoms with Crippen molar-refractivity contribution < 1.29 is 55.9 Å². The Kier molecular flexibility index (Phi) is 69.0. The van der Waals surface area contributed by atoms with Gasteiger partial charge in [-0.1, -0.05) is 120 Å². The van der Waals surface area contributed by atoms with Gasteiger partial charge in [-0.2, -0.15) is 0 Å². The van der Waals surface area contributed by atoms with E-state index in [1.54, 1.807) is 0 Å². The summed E-state index contributed by atoms with van der Waals surface area (Å²) < 4.78 is 50.4. The van der Waals surface area contributed by atoms with E-state index < -0.39 is 25.8 Å². The minimum absolute atomic E-state index is 0.346. The first-order valence-electron chi connectivity index (χ1n) is 19.9. The van der Waals surface area contributed by atoms with Gasteiger partial charge >= 0.3 is 60.3 Å². The molecule has 0 unspecified atom stereocenters. The Balaban J connectivity index is -0.000000312. The monoisotopic (exact) mass is 922 g/mol. The molecule has 0 aromatic heterocycles. The van der Waals surface area contributed by atoms with Crippen molar-refractivity contribution in [2.75, 3.05) is 59.5 Å². The summed E-state index contributed by atoms with van der Waals surface area (Å²) in [6.45, 7) is 26.1. The molecule has 0 aliphatic carbocycles. The van der Waals surface area contributed by atoms with Crippen molar-refractivity contribution in [2.45, 2.75) is 178 Å². The second-order valence-electron chi connectivity index (χ2n) is 11.4. The number of rotatable bonds is 36. The third-order valence-electron chi connectivity index (χ3n) is 6.25. The van der Waals surface area contributed by atoms with Gasteiger partial charge in [0.2, 0.25) is 0 Å². The first-order chi connectivity index (χ1) is 25.0. The molecule has 316 valence electrons. The van der Waals surface area contributed by atoms with E-state index in [2.05, 4.69) is 62.3 Å². The maximum absolute atomic E-state index is 5.60. The Bertz CT molecular complexity index is 433. The van der Waals surface area contributed by atoms with Crippen LogP contribution >= 0.6 is 45.2 Å². The molecule has 0 atom stereocenters. The molecule has 0 aromatic carbocycles. The van der Waals surface area contributed by atoms with Gasteiger partial charge in [-0.15, -0.1) is 0 Å². The first-order valence-corrected chi connectivity index (χ1v) is 27.6. The van der Waals surface area contributed by atoms with E-state index in [0.717, 1.165) is 175 Å². The molecule has 0 aliphatic heterocycles. The van der Waals surface area contributed by atoms with Crippen LogP contribution in [0.15, 0.2) is 0 Å². The summed E-state index contributed by atoms with van der Waals surface area (Å²) in [5.74, 6) is 0. The molecule has 0 bridgehead atoms. The van der Waals surface area contributed by atoms with E-state index in [9.17, 15) is 0 Å². The molecule has 0 amide bonds. The first kappa shape index (κ1) is 59.8. The molecular formula is C36H81Cl2O9P3Ru. The zero-order chi connectivity index (χ0) is 38.9. The predicted molar refractivity (Wildman–Crippen MR) is 220 cm³/mol. The Hall–Kier alpha value is 2.13. The SMILES string of the molecule is CCCCOP(OCCCC)OCCCC.CCCCOP(OCCCC)OCCCC.CCCCOP(OCCCC)OCCCC.[Cl][Ru][Cl]. The fraction of sp³-hybridized carbons (Fsp3) is 1.00. The van der Waals surface area contributed by atoms with Crippen LogP contribution in [0.3, 0.4) is 0 Å². The summed E-state index contributed by atoms with van der Waals surface area (Å²) in [6.07, 6.45) is 20.0. The number of hydrogen-bond donors (Lipinski definition) is 0. The molecule has 0 saturated heterocycles. The van der Waals surface area contributed by atoms with Crippen molar-refractivity contribution in [2.24, 2.45) is 0 Å². The van der Waals surface area contributed by atoms with Crippen LogP contribution in [0.5, 0.6) is 0 Å². The fourth-order valence-electron chi connectivity index (χ4n) is 2.89. The molecule has 0 spiro atoms. The van der Waals surface area contributed by atoms with Gasteiger partial charge in [0.15, 0.2) is 0 Å². The van der Waals surface area contributed by atoms with Gasteiger partial charge in [0, 0.05) is 0 Å². The normalized spacial score (nSPS) is 11.0. The predicted octanol–water partition coefficient (Wildman–Crippen LogP) is 15.4. The fourth-order valence-corrected chi connectivity index (χ4v) is 6.06. The van der Waals surface area contributed by atoms with Gasteiger partial charge in [-0.05, 0) is 57.8 Å². The van der Waals surface area contributed by atoms with E-state index in [1.807, 2.05) is 0 Å². The van der Waals surface area contributed by atoms with Crippen LogP contribution in [0, 0.1) is 0 Å². The van der Waals surface area contributed by atoms with Gasteiger partial charge in [0.05, 0.1) is 59.5 Å². The molecular weight excluding hydrogens is 841 g/mol. The molecule has 0 aliphatic rings. The van der Waals surface area contributed by atoms with Crippen LogP contribution in [0.25, 0.3) is 0 Å². The molecule has 0 aromatic rings. The van der Waals surface area contributed by atoms with E-state index in [0.29, 0.717) is 0 Å². The van der Waals surface area contributed by atoms with E-state index in [-0.39, 0.29) is 15.1 Å². The van der Waals surface area contributed by atoms with Crippen LogP contribution in [0.2, 0.25) is 0 Å². The second kappa shape index (κ2) is 58.8. The average molecular weight is 923 g/mol. The Morgan fingerprint density at radius 2 is 0.373 bits per heavy atom. The van der Waals surface area contributed by atoms with Gasteiger partial charge < -0.3 is 40.7 Å². The van der Waals surface area contributed by atoms with E-state index in [4.69, 9.17) is 60.1 Å². The molecule has 9 nitrogen and oxygen atoms in total. The number of unbranched alkanes of at least 4 members (excludes halogenated alkanes) is 9. The van der Waals surface area contributed by atoms with Crippen LogP contribution in [-0.4, -0.2) is 59.5 Å². The summed E-state index contributed by atoms with van der Waals surface area (Å²) in [7, 11) is 6.42. The van der Waals surface area contributed by atoms with E-state index in [1.165, 1.54) is 0 Å². The molecule has 0 saturated carbocycles. The maximum atomic E-state index is 5.60. The van der Waals surface area contributed by atoms with Crippen LogP contribution in [0.1, 0.15) is 178 Å². The zero-order valence-corrected chi connectivity index (χ0v) is 40.2. The summed E-state index contributed by atoms with van der Waals surface area (Å²) in [4.78, 5) is 0. The summed E-state index contributed by atoms with van der Waals surface area (Å²) >= 11 is -0.346. The molecule has 0 radical (unpaired) electrons. The van der Waals surface area contributed by atoms with E-state index >= 15 is 0 Å². The number of halogens is 2. The molecule has 15 heteroatoms. The summed E-state index contributed by atoms with van der Waals surface area (Å²) in [5, 5.41) is 0. The second-order valence-corrected chi connectivity index (χ2v) is 17.7. The molecule has 0 rings (SSSR count). The van der Waals surface area contributed by atoms with Gasteiger partial charge in [-0.25, -0.2) is 0 Å². The molecule has 0 N–H and O–H groups in total. The van der Waals surface area contributed by atoms with Crippen molar-refractivity contribution >= 4 is 45.2 Å². The zero-order valence-electron chi connectivity index (χ0n) is 34.2. The molecule has 51 heavy (non-hydrogen) atoms. The van der Waals surface area contributed by atoms with Crippen molar-refractivity contribution in [1.82, 2.24) is 0 Å². The molecule has 0 heterocycles. The van der Waals surface area contributed by atoms with Gasteiger partial charge in [0.1, 0.15) is 0 Å².